The predicted molar refractivity (Wildman–Crippen MR) is 142 cm³/mol. The lowest BCUT2D eigenvalue weighted by molar-refractivity contribution is -0.137. The van der Waals surface area contributed by atoms with E-state index in [4.69, 9.17) is 13.9 Å². The lowest BCUT2D eigenvalue weighted by Gasteiger charge is -2.34. The Balaban J connectivity index is 1.67. The van der Waals surface area contributed by atoms with Gasteiger partial charge in [0, 0.05) is 38.8 Å². The molecule has 39 heavy (non-hydrogen) atoms. The van der Waals surface area contributed by atoms with E-state index in [9.17, 15) is 18.0 Å². The molecule has 0 saturated carbocycles. The van der Waals surface area contributed by atoms with E-state index in [0.717, 1.165) is 25.0 Å². The molecule has 12 heteroatoms. The SMILES string of the molecule is COc1cc(C(F)(F)F)cc(C)c1-c1cc(N(C)C)c2oc(N[C@@H]3CCCN(C(=O)OC(C)(C)C)C3)nc2n1. The number of methoxy groups -OCH3 is 1. The van der Waals surface area contributed by atoms with Gasteiger partial charge in [-0.2, -0.15) is 18.2 Å². The van der Waals surface area contributed by atoms with Crippen molar-refractivity contribution in [2.24, 2.45) is 0 Å². The highest BCUT2D eigenvalue weighted by atomic mass is 19.4. The smallest absolute Gasteiger partial charge is 0.416 e. The zero-order valence-corrected chi connectivity index (χ0v) is 23.2. The highest BCUT2D eigenvalue weighted by Gasteiger charge is 2.33. The number of halogens is 3. The van der Waals surface area contributed by atoms with E-state index < -0.39 is 17.3 Å². The van der Waals surface area contributed by atoms with E-state index in [-0.39, 0.29) is 23.9 Å². The molecule has 9 nitrogen and oxygen atoms in total. The Morgan fingerprint density at radius 2 is 1.90 bits per heavy atom. The van der Waals surface area contributed by atoms with E-state index >= 15 is 0 Å². The molecule has 1 N–H and O–H groups in total. The zero-order chi connectivity index (χ0) is 28.7. The van der Waals surface area contributed by atoms with Crippen molar-refractivity contribution in [3.8, 4) is 17.0 Å². The number of benzene rings is 1. The Morgan fingerprint density at radius 1 is 1.18 bits per heavy atom. The molecule has 1 aliphatic rings. The van der Waals surface area contributed by atoms with Gasteiger partial charge in [-0.05, 0) is 64.3 Å². The molecule has 1 aromatic carbocycles. The number of pyridine rings is 1. The van der Waals surface area contributed by atoms with E-state index in [1.807, 2.05) is 39.8 Å². The topological polar surface area (TPSA) is 93.0 Å². The molecule has 0 radical (unpaired) electrons. The molecule has 3 aromatic rings. The Hall–Kier alpha value is -3.70. The van der Waals surface area contributed by atoms with Crippen LogP contribution in [0.1, 0.15) is 44.7 Å². The van der Waals surface area contributed by atoms with Crippen LogP contribution < -0.4 is 15.0 Å². The number of alkyl halides is 3. The van der Waals surface area contributed by atoms with Crippen LogP contribution in [0.2, 0.25) is 0 Å². The largest absolute Gasteiger partial charge is 0.496 e. The lowest BCUT2D eigenvalue weighted by Crippen LogP contribution is -2.47. The number of rotatable bonds is 5. The summed E-state index contributed by atoms with van der Waals surface area (Å²) < 4.78 is 57.1. The minimum absolute atomic E-state index is 0.0603. The summed E-state index contributed by atoms with van der Waals surface area (Å²) >= 11 is 0. The minimum Gasteiger partial charge on any atom is -0.496 e. The Morgan fingerprint density at radius 3 is 2.51 bits per heavy atom. The zero-order valence-electron chi connectivity index (χ0n) is 23.2. The van der Waals surface area contributed by atoms with Gasteiger partial charge in [0.2, 0.25) is 5.65 Å². The summed E-state index contributed by atoms with van der Waals surface area (Å²) in [4.78, 5) is 25.2. The monoisotopic (exact) mass is 549 g/mol. The number of aromatic nitrogens is 2. The summed E-state index contributed by atoms with van der Waals surface area (Å²) in [5, 5.41) is 3.27. The summed E-state index contributed by atoms with van der Waals surface area (Å²) in [5.74, 6) is 0.0603. The number of nitrogens with one attached hydrogen (secondary N) is 1. The number of oxazole rings is 1. The Bertz CT molecular complexity index is 1360. The van der Waals surface area contributed by atoms with Crippen molar-refractivity contribution in [1.29, 1.82) is 0 Å². The number of fused-ring (bicyclic) bond motifs is 1. The molecular formula is C27H34F3N5O4. The number of anilines is 2. The number of carbonyl (C=O) groups is 1. The summed E-state index contributed by atoms with van der Waals surface area (Å²) in [5.41, 5.74) is 1.19. The van der Waals surface area contributed by atoms with Crippen LogP contribution in [0.5, 0.6) is 5.75 Å². The van der Waals surface area contributed by atoms with Gasteiger partial charge in [-0.3, -0.25) is 0 Å². The first-order chi connectivity index (χ1) is 18.2. The molecule has 3 heterocycles. The van der Waals surface area contributed by atoms with Gasteiger partial charge in [-0.15, -0.1) is 0 Å². The van der Waals surface area contributed by atoms with Crippen LogP contribution in [-0.2, 0) is 10.9 Å². The molecule has 1 atom stereocenters. The van der Waals surface area contributed by atoms with Gasteiger partial charge in [-0.1, -0.05) is 0 Å². The van der Waals surface area contributed by atoms with Gasteiger partial charge in [0.15, 0.2) is 5.58 Å². The fraction of sp³-hybridized carbons (Fsp3) is 0.519. The number of ether oxygens (including phenoxy) is 2. The van der Waals surface area contributed by atoms with Crippen molar-refractivity contribution in [3.63, 3.8) is 0 Å². The molecule has 4 rings (SSSR count). The molecule has 1 fully saturated rings. The van der Waals surface area contributed by atoms with Crippen molar-refractivity contribution >= 4 is 29.0 Å². The standard InChI is InChI=1S/C27H34F3N5O4/c1-15-11-16(27(28,29)30)12-20(37-7)21(15)18-13-19(34(5)6)22-23(32-18)33-24(38-22)31-17-9-8-10-35(14-17)25(36)39-26(2,3)4/h11-13,17H,8-10,14H2,1-7H3,(H,31,32,33)/t17-/m1/s1. The van der Waals surface area contributed by atoms with Crippen LogP contribution in [0.3, 0.4) is 0 Å². The Kier molecular flexibility index (Phi) is 7.59. The van der Waals surface area contributed by atoms with Gasteiger partial charge >= 0.3 is 12.3 Å². The number of carbonyl (C=O) groups excluding carboxylic acids is 1. The summed E-state index contributed by atoms with van der Waals surface area (Å²) in [6.45, 7) is 8.10. The third-order valence-corrected chi connectivity index (χ3v) is 6.33. The number of aryl methyl sites for hydroxylation is 1. The van der Waals surface area contributed by atoms with Crippen molar-refractivity contribution in [2.45, 2.75) is 58.4 Å². The van der Waals surface area contributed by atoms with Crippen molar-refractivity contribution in [1.82, 2.24) is 14.9 Å². The number of piperidine rings is 1. The van der Waals surface area contributed by atoms with Crippen LogP contribution in [0.4, 0.5) is 29.7 Å². The van der Waals surface area contributed by atoms with Crippen molar-refractivity contribution in [2.75, 3.05) is 44.5 Å². The highest BCUT2D eigenvalue weighted by molar-refractivity contribution is 5.89. The number of hydrogen-bond donors (Lipinski definition) is 1. The van der Waals surface area contributed by atoms with Gasteiger partial charge in [0.1, 0.15) is 11.4 Å². The maximum atomic E-state index is 13.4. The summed E-state index contributed by atoms with van der Waals surface area (Å²) in [6.07, 6.45) is -3.28. The van der Waals surface area contributed by atoms with E-state index in [0.29, 0.717) is 46.8 Å². The number of hydrogen-bond acceptors (Lipinski definition) is 8. The fourth-order valence-corrected chi connectivity index (χ4v) is 4.59. The third kappa shape index (κ3) is 6.31. The van der Waals surface area contributed by atoms with E-state index in [1.54, 1.807) is 17.9 Å². The first-order valence-electron chi connectivity index (χ1n) is 12.7. The molecule has 2 aromatic heterocycles. The van der Waals surface area contributed by atoms with Gasteiger partial charge < -0.3 is 29.0 Å². The summed E-state index contributed by atoms with van der Waals surface area (Å²) in [6, 6.07) is 3.91. The average Bonchev–Trinajstić information content (AvgIpc) is 3.23. The van der Waals surface area contributed by atoms with Crippen molar-refractivity contribution in [3.05, 3.63) is 29.3 Å². The number of nitrogens with zero attached hydrogens (tertiary/aromatic N) is 4. The van der Waals surface area contributed by atoms with Gasteiger partial charge in [0.25, 0.3) is 6.01 Å². The second-order valence-electron chi connectivity index (χ2n) is 10.9. The van der Waals surface area contributed by atoms with Crippen LogP contribution in [-0.4, -0.2) is 66.9 Å². The maximum Gasteiger partial charge on any atom is 0.416 e. The van der Waals surface area contributed by atoms with E-state index in [1.165, 1.54) is 7.11 Å². The molecule has 212 valence electrons. The quantitative estimate of drug-likeness (QED) is 0.408. The van der Waals surface area contributed by atoms with Crippen LogP contribution >= 0.6 is 0 Å². The molecule has 1 saturated heterocycles. The van der Waals surface area contributed by atoms with E-state index in [2.05, 4.69) is 15.3 Å². The third-order valence-electron chi connectivity index (χ3n) is 6.33. The first-order valence-corrected chi connectivity index (χ1v) is 12.7. The molecule has 1 aliphatic heterocycles. The number of amides is 1. The molecule has 0 spiro atoms. The molecule has 1 amide bonds. The van der Waals surface area contributed by atoms with Crippen LogP contribution in [0.15, 0.2) is 22.6 Å². The molecule has 0 unspecified atom stereocenters. The summed E-state index contributed by atoms with van der Waals surface area (Å²) in [7, 11) is 4.97. The van der Waals surface area contributed by atoms with Gasteiger partial charge in [-0.25, -0.2) is 9.78 Å². The molecule has 0 bridgehead atoms. The van der Waals surface area contributed by atoms with Crippen molar-refractivity contribution < 1.29 is 31.9 Å². The van der Waals surface area contributed by atoms with Crippen LogP contribution in [0, 0.1) is 6.92 Å². The fourth-order valence-electron chi connectivity index (χ4n) is 4.59. The second kappa shape index (κ2) is 10.5. The predicted octanol–water partition coefficient (Wildman–Crippen LogP) is 6.10. The minimum atomic E-state index is -4.51. The second-order valence-corrected chi connectivity index (χ2v) is 10.9. The molecular weight excluding hydrogens is 515 g/mol. The Labute approximate surface area is 225 Å². The first kappa shape index (κ1) is 28.3. The highest BCUT2D eigenvalue weighted by Crippen LogP contribution is 2.41. The number of likely N-dealkylation sites (tertiary alicyclic amines) is 1. The maximum absolute atomic E-state index is 13.4. The lowest BCUT2D eigenvalue weighted by atomic mass is 9.99. The van der Waals surface area contributed by atoms with Crippen LogP contribution in [0.25, 0.3) is 22.5 Å². The average molecular weight is 550 g/mol. The molecule has 0 aliphatic carbocycles. The normalized spacial score (nSPS) is 16.4. The van der Waals surface area contributed by atoms with Gasteiger partial charge in [0.05, 0.1) is 24.1 Å².